The number of hydrogen-bond acceptors (Lipinski definition) is 4. The van der Waals surface area contributed by atoms with Crippen molar-refractivity contribution in [1.29, 1.82) is 0 Å². The Balaban J connectivity index is 1.94. The van der Waals surface area contributed by atoms with Crippen molar-refractivity contribution in [2.24, 2.45) is 0 Å². The van der Waals surface area contributed by atoms with Crippen molar-refractivity contribution in [3.05, 3.63) is 49.8 Å². The minimum Gasteiger partial charge on any atom is -0.506 e. The lowest BCUT2D eigenvalue weighted by molar-refractivity contribution is -0.110. The molecule has 0 atom stereocenters. The number of benzene rings is 2. The number of rotatable bonds is 1. The molecular formula is C16H8Br2N2O2S. The molecule has 2 heterocycles. The van der Waals surface area contributed by atoms with Crippen LogP contribution in [0.2, 0.25) is 0 Å². The molecule has 0 saturated heterocycles. The summed E-state index contributed by atoms with van der Waals surface area (Å²) >= 11 is 8.13. The normalized spacial score (nSPS) is 15.2. The topological polar surface area (TPSA) is 62.2 Å². The average Bonchev–Trinajstić information content (AvgIpc) is 3.09. The molecule has 1 amide bonds. The molecule has 4 nitrogen and oxygen atoms in total. The van der Waals surface area contributed by atoms with Gasteiger partial charge < -0.3 is 10.4 Å². The fraction of sp³-hybridized carbons (Fsp3) is 0. The van der Waals surface area contributed by atoms with Gasteiger partial charge in [0.05, 0.1) is 35.9 Å². The zero-order valence-electron chi connectivity index (χ0n) is 11.4. The Morgan fingerprint density at radius 2 is 1.96 bits per heavy atom. The Kier molecular flexibility index (Phi) is 3.51. The van der Waals surface area contributed by atoms with Crippen LogP contribution in [0.25, 0.3) is 21.9 Å². The molecule has 0 saturated carbocycles. The maximum absolute atomic E-state index is 12.4. The van der Waals surface area contributed by atoms with Gasteiger partial charge in [-0.25, -0.2) is 4.98 Å². The van der Waals surface area contributed by atoms with Crippen LogP contribution in [0.3, 0.4) is 0 Å². The van der Waals surface area contributed by atoms with Crippen molar-refractivity contribution in [3.8, 4) is 5.75 Å². The molecule has 2 aromatic carbocycles. The monoisotopic (exact) mass is 450 g/mol. The van der Waals surface area contributed by atoms with Gasteiger partial charge in [0.1, 0.15) is 5.75 Å². The van der Waals surface area contributed by atoms with Gasteiger partial charge in [-0.2, -0.15) is 0 Å². The van der Waals surface area contributed by atoms with Crippen molar-refractivity contribution in [1.82, 2.24) is 4.98 Å². The first-order valence-electron chi connectivity index (χ1n) is 6.62. The van der Waals surface area contributed by atoms with Gasteiger partial charge in [0.15, 0.2) is 0 Å². The summed E-state index contributed by atoms with van der Waals surface area (Å²) in [5.41, 5.74) is 5.74. The fourth-order valence-corrected chi connectivity index (χ4v) is 4.65. The lowest BCUT2D eigenvalue weighted by atomic mass is 10.0. The van der Waals surface area contributed by atoms with Crippen molar-refractivity contribution in [2.45, 2.75) is 0 Å². The number of carbonyl (C=O) groups excluding carboxylic acids is 1. The Morgan fingerprint density at radius 3 is 2.70 bits per heavy atom. The molecule has 114 valence electrons. The molecule has 0 unspecified atom stereocenters. The second-order valence-electron chi connectivity index (χ2n) is 5.03. The van der Waals surface area contributed by atoms with E-state index in [0.717, 1.165) is 27.0 Å². The van der Waals surface area contributed by atoms with Crippen LogP contribution >= 0.6 is 43.2 Å². The summed E-state index contributed by atoms with van der Waals surface area (Å²) in [5.74, 6) is -0.00510. The molecule has 0 bridgehead atoms. The standard InChI is InChI=1S/C16H8Br2N2O2S/c17-9-4-7(5-10(18)14(9)21)3-8-13-11(20-16(8)22)1-2-12-15(13)23-6-19-12/h1-6,21H,(H,20,22)/b8-3+. The predicted octanol–water partition coefficient (Wildman–Crippen LogP) is 5.02. The Bertz CT molecular complexity index is 987. The van der Waals surface area contributed by atoms with Crippen molar-refractivity contribution in [2.75, 3.05) is 5.32 Å². The number of aromatic nitrogens is 1. The Hall–Kier alpha value is -1.70. The van der Waals surface area contributed by atoms with E-state index >= 15 is 0 Å². The van der Waals surface area contributed by atoms with Crippen LogP contribution in [-0.2, 0) is 4.79 Å². The highest BCUT2D eigenvalue weighted by molar-refractivity contribution is 9.11. The summed E-state index contributed by atoms with van der Waals surface area (Å²) in [6.45, 7) is 0. The second-order valence-corrected chi connectivity index (χ2v) is 7.60. The number of thiazole rings is 1. The summed E-state index contributed by atoms with van der Waals surface area (Å²) in [6, 6.07) is 7.32. The van der Waals surface area contributed by atoms with Gasteiger partial charge in [-0.15, -0.1) is 11.3 Å². The van der Waals surface area contributed by atoms with Crippen molar-refractivity contribution >= 4 is 76.7 Å². The molecule has 1 aliphatic heterocycles. The quantitative estimate of drug-likeness (QED) is 0.510. The summed E-state index contributed by atoms with van der Waals surface area (Å²) in [5, 5.41) is 12.7. The zero-order chi connectivity index (χ0) is 16.1. The van der Waals surface area contributed by atoms with Gasteiger partial charge in [-0.1, -0.05) is 0 Å². The largest absolute Gasteiger partial charge is 0.506 e. The fourth-order valence-electron chi connectivity index (χ4n) is 2.58. The second kappa shape index (κ2) is 5.43. The van der Waals surface area contributed by atoms with Gasteiger partial charge in [0.25, 0.3) is 5.91 Å². The number of halogens is 2. The molecule has 1 aliphatic rings. The number of aromatic hydroxyl groups is 1. The number of phenols is 1. The molecule has 3 aromatic rings. The van der Waals surface area contributed by atoms with Gasteiger partial charge in [0, 0.05) is 5.56 Å². The number of nitrogens with one attached hydrogen (secondary N) is 1. The molecule has 23 heavy (non-hydrogen) atoms. The predicted molar refractivity (Wildman–Crippen MR) is 99.6 cm³/mol. The van der Waals surface area contributed by atoms with Crippen LogP contribution < -0.4 is 5.32 Å². The highest BCUT2D eigenvalue weighted by atomic mass is 79.9. The number of anilines is 1. The molecule has 0 spiro atoms. The van der Waals surface area contributed by atoms with E-state index in [2.05, 4.69) is 42.2 Å². The first kappa shape index (κ1) is 14.9. The number of fused-ring (bicyclic) bond motifs is 3. The molecule has 2 N–H and O–H groups in total. The first-order valence-corrected chi connectivity index (χ1v) is 9.09. The zero-order valence-corrected chi connectivity index (χ0v) is 15.4. The lowest BCUT2D eigenvalue weighted by Crippen LogP contribution is -2.03. The SMILES string of the molecule is O=C1Nc2ccc3ncsc3c2/C1=C\c1cc(Br)c(O)c(Br)c1. The molecule has 7 heteroatoms. The van der Waals surface area contributed by atoms with Crippen LogP contribution in [0.15, 0.2) is 38.7 Å². The van der Waals surface area contributed by atoms with Gasteiger partial charge >= 0.3 is 0 Å². The molecule has 4 rings (SSSR count). The smallest absolute Gasteiger partial charge is 0.256 e. The van der Waals surface area contributed by atoms with Crippen molar-refractivity contribution in [3.63, 3.8) is 0 Å². The van der Waals surface area contributed by atoms with Crippen molar-refractivity contribution < 1.29 is 9.90 Å². The lowest BCUT2D eigenvalue weighted by Gasteiger charge is -2.04. The molecule has 0 fully saturated rings. The summed E-state index contributed by atoms with van der Waals surface area (Å²) in [4.78, 5) is 16.7. The highest BCUT2D eigenvalue weighted by Crippen LogP contribution is 2.41. The van der Waals surface area contributed by atoms with Crippen LogP contribution in [0.4, 0.5) is 5.69 Å². The number of nitrogens with zero attached hydrogens (tertiary/aromatic N) is 1. The summed E-state index contributed by atoms with van der Waals surface area (Å²) < 4.78 is 2.12. The van der Waals surface area contributed by atoms with E-state index in [0.29, 0.717) is 14.5 Å². The van der Waals surface area contributed by atoms with E-state index < -0.39 is 0 Å². The van der Waals surface area contributed by atoms with E-state index in [9.17, 15) is 9.90 Å². The van der Waals surface area contributed by atoms with Crippen LogP contribution in [-0.4, -0.2) is 16.0 Å². The molecular weight excluding hydrogens is 444 g/mol. The average molecular weight is 452 g/mol. The molecule has 1 aromatic heterocycles. The van der Waals surface area contributed by atoms with Gasteiger partial charge in [0.2, 0.25) is 0 Å². The molecule has 0 radical (unpaired) electrons. The summed E-state index contributed by atoms with van der Waals surface area (Å²) in [7, 11) is 0. The minimum atomic E-state index is -0.138. The van der Waals surface area contributed by atoms with E-state index in [1.807, 2.05) is 18.2 Å². The molecule has 0 aliphatic carbocycles. The van der Waals surface area contributed by atoms with Gasteiger partial charge in [-0.05, 0) is 67.8 Å². The van der Waals surface area contributed by atoms with E-state index in [-0.39, 0.29) is 11.7 Å². The van der Waals surface area contributed by atoms with E-state index in [1.165, 1.54) is 11.3 Å². The Morgan fingerprint density at radius 1 is 1.22 bits per heavy atom. The minimum absolute atomic E-state index is 0.133. The van der Waals surface area contributed by atoms with E-state index in [1.54, 1.807) is 17.6 Å². The van der Waals surface area contributed by atoms with Gasteiger partial charge in [-0.3, -0.25) is 4.79 Å². The van der Waals surface area contributed by atoms with Crippen LogP contribution in [0.1, 0.15) is 11.1 Å². The van der Waals surface area contributed by atoms with Crippen LogP contribution in [0, 0.1) is 0 Å². The first-order chi connectivity index (χ1) is 11.0. The number of phenolic OH excluding ortho intramolecular Hbond substituents is 1. The third-order valence-corrected chi connectivity index (χ3v) is 5.68. The third kappa shape index (κ3) is 2.39. The third-order valence-electron chi connectivity index (χ3n) is 3.61. The van der Waals surface area contributed by atoms with Crippen LogP contribution in [0.5, 0.6) is 5.75 Å². The maximum atomic E-state index is 12.4. The number of hydrogen-bond donors (Lipinski definition) is 2. The summed E-state index contributed by atoms with van der Waals surface area (Å²) in [6.07, 6.45) is 1.81. The number of carbonyl (C=O) groups is 1. The highest BCUT2D eigenvalue weighted by Gasteiger charge is 2.27. The Labute approximate surface area is 152 Å². The maximum Gasteiger partial charge on any atom is 0.256 e. The van der Waals surface area contributed by atoms with E-state index in [4.69, 9.17) is 0 Å². The number of amides is 1.